The summed E-state index contributed by atoms with van der Waals surface area (Å²) in [6.45, 7) is -2.13. The number of nitrogens with one attached hydrogen (secondary N) is 1. The van der Waals surface area contributed by atoms with E-state index < -0.39 is 13.0 Å². The van der Waals surface area contributed by atoms with Crippen LogP contribution in [0.4, 0.5) is 0 Å². The molecule has 0 amide bonds. The van der Waals surface area contributed by atoms with Crippen molar-refractivity contribution in [2.24, 2.45) is 0 Å². The van der Waals surface area contributed by atoms with Crippen LogP contribution in [0.2, 0.25) is 0 Å². The molecule has 1 aromatic heterocycles. The van der Waals surface area contributed by atoms with Gasteiger partial charge in [-0.2, -0.15) is 0 Å². The van der Waals surface area contributed by atoms with Gasteiger partial charge in [0.1, 0.15) is 0 Å². The second kappa shape index (κ2) is 3.36. The van der Waals surface area contributed by atoms with Gasteiger partial charge in [0.15, 0.2) is 0 Å². The van der Waals surface area contributed by atoms with E-state index in [1.54, 1.807) is 4.57 Å². The van der Waals surface area contributed by atoms with Crippen LogP contribution in [-0.4, -0.2) is 11.1 Å². The highest BCUT2D eigenvalue weighted by Crippen LogP contribution is 2.38. The number of rotatable bonds is 0. The van der Waals surface area contributed by atoms with Crippen LogP contribution in [0.25, 0.3) is 10.9 Å². The highest BCUT2D eigenvalue weighted by molar-refractivity contribution is 5.87. The maximum Gasteiger partial charge on any atom is 0.0511 e. The predicted molar refractivity (Wildman–Crippen MR) is 70.4 cm³/mol. The summed E-state index contributed by atoms with van der Waals surface area (Å²) in [7, 11) is 0. The summed E-state index contributed by atoms with van der Waals surface area (Å²) in [5.41, 5.74) is 4.10. The molecular weight excluding hydrogens is 208 g/mol. The summed E-state index contributed by atoms with van der Waals surface area (Å²) in [6, 6.07) is 5.91. The second-order valence-corrected chi connectivity index (χ2v) is 5.05. The molecular formula is C15H18N2. The average molecular weight is 230 g/mol. The molecule has 2 heterocycles. The van der Waals surface area contributed by atoms with Gasteiger partial charge in [-0.15, -0.1) is 0 Å². The van der Waals surface area contributed by atoms with E-state index in [0.717, 1.165) is 41.4 Å². The van der Waals surface area contributed by atoms with Gasteiger partial charge in [-0.1, -0.05) is 11.6 Å². The first-order valence-corrected chi connectivity index (χ1v) is 6.25. The van der Waals surface area contributed by atoms with Crippen molar-refractivity contribution in [3.63, 3.8) is 0 Å². The third-order valence-corrected chi connectivity index (χ3v) is 3.93. The summed E-state index contributed by atoms with van der Waals surface area (Å²) in [4.78, 5) is 0. The number of aromatic nitrogens is 1. The minimum Gasteiger partial charge on any atom is -0.342 e. The van der Waals surface area contributed by atoms with Crippen molar-refractivity contribution in [2.75, 3.05) is 6.50 Å². The molecule has 2 aromatic rings. The van der Waals surface area contributed by atoms with Gasteiger partial charge < -0.3 is 9.88 Å². The predicted octanol–water partition coefficient (Wildman–Crippen LogP) is 2.93. The van der Waals surface area contributed by atoms with Crippen LogP contribution >= 0.6 is 0 Å². The molecule has 1 atom stereocenters. The summed E-state index contributed by atoms with van der Waals surface area (Å²) in [5.74, 6) is 0. The number of aryl methyl sites for hydroxylation is 3. The van der Waals surface area contributed by atoms with E-state index in [9.17, 15) is 0 Å². The van der Waals surface area contributed by atoms with Crippen LogP contribution in [0.1, 0.15) is 41.2 Å². The van der Waals surface area contributed by atoms with Crippen LogP contribution < -0.4 is 5.32 Å². The first kappa shape index (κ1) is 6.60. The Morgan fingerprint density at radius 3 is 3.35 bits per heavy atom. The molecule has 2 heteroatoms. The molecule has 0 radical (unpaired) electrons. The Kier molecular flexibility index (Phi) is 1.30. The highest BCUT2D eigenvalue weighted by atomic mass is 15.1. The van der Waals surface area contributed by atoms with Crippen molar-refractivity contribution in [1.29, 1.82) is 0 Å². The van der Waals surface area contributed by atoms with E-state index in [0.29, 0.717) is 0 Å². The monoisotopic (exact) mass is 230 g/mol. The molecule has 1 aromatic carbocycles. The largest absolute Gasteiger partial charge is 0.342 e. The summed E-state index contributed by atoms with van der Waals surface area (Å²) < 4.78 is 34.5. The van der Waals surface area contributed by atoms with E-state index in [2.05, 4.69) is 11.4 Å². The summed E-state index contributed by atoms with van der Waals surface area (Å²) >= 11 is 0. The molecule has 2 aliphatic rings. The van der Waals surface area contributed by atoms with Crippen LogP contribution in [0.5, 0.6) is 0 Å². The fourth-order valence-corrected chi connectivity index (χ4v) is 3.17. The fourth-order valence-electron chi connectivity index (χ4n) is 3.17. The molecule has 17 heavy (non-hydrogen) atoms. The maximum absolute atomic E-state index is 8.34. The zero-order chi connectivity index (χ0) is 15.0. The molecule has 1 N–H and O–H groups in total. The van der Waals surface area contributed by atoms with Gasteiger partial charge in [-0.3, -0.25) is 0 Å². The Labute approximate surface area is 107 Å². The summed E-state index contributed by atoms with van der Waals surface area (Å²) in [5, 5.41) is 3.98. The molecule has 0 fully saturated rings. The topological polar surface area (TPSA) is 17.0 Å². The van der Waals surface area contributed by atoms with Crippen LogP contribution in [0.3, 0.4) is 0 Å². The molecule has 0 spiro atoms. The van der Waals surface area contributed by atoms with Gasteiger partial charge in [0.25, 0.3) is 0 Å². The average Bonchev–Trinajstić information content (AvgIpc) is 2.72. The molecule has 4 rings (SSSR count). The third-order valence-electron chi connectivity index (χ3n) is 3.93. The zero-order valence-electron chi connectivity index (χ0n) is 13.9. The van der Waals surface area contributed by atoms with Crippen LogP contribution in [0, 0.1) is 6.92 Å². The second-order valence-electron chi connectivity index (χ2n) is 5.05. The molecule has 0 saturated carbocycles. The van der Waals surface area contributed by atoms with Crippen LogP contribution in [-0.2, 0) is 12.9 Å². The molecule has 1 unspecified atom stereocenters. The molecule has 2 nitrogen and oxygen atoms in total. The van der Waals surface area contributed by atoms with Crippen molar-refractivity contribution in [3.8, 4) is 0 Å². The smallest absolute Gasteiger partial charge is 0.0511 e. The fraction of sp³-hybridized carbons (Fsp3) is 0.467. The van der Waals surface area contributed by atoms with Gasteiger partial charge in [-0.25, -0.2) is 0 Å². The SMILES string of the molecule is [2H]C1([2H])NC2CCCc3c2n(c2ccc(C)cc32)C1([2H])[2H]. The minimum absolute atomic E-state index is 0.0970. The van der Waals surface area contributed by atoms with E-state index in [1.165, 1.54) is 5.56 Å². The maximum atomic E-state index is 8.34. The van der Waals surface area contributed by atoms with Gasteiger partial charge in [0, 0.05) is 38.4 Å². The van der Waals surface area contributed by atoms with Gasteiger partial charge in [-0.05, 0) is 43.9 Å². The first-order valence-electron chi connectivity index (χ1n) is 8.25. The lowest BCUT2D eigenvalue weighted by molar-refractivity contribution is 0.384. The summed E-state index contributed by atoms with van der Waals surface area (Å²) in [6.07, 6.45) is 2.81. The van der Waals surface area contributed by atoms with E-state index in [1.807, 2.05) is 19.1 Å². The van der Waals surface area contributed by atoms with Gasteiger partial charge in [0.05, 0.1) is 2.74 Å². The van der Waals surface area contributed by atoms with Crippen LogP contribution in [0.15, 0.2) is 18.2 Å². The van der Waals surface area contributed by atoms with Crippen molar-refractivity contribution in [2.45, 2.75) is 38.7 Å². The quantitative estimate of drug-likeness (QED) is 0.736. The number of hydrogen-bond donors (Lipinski definition) is 1. The van der Waals surface area contributed by atoms with E-state index >= 15 is 0 Å². The van der Waals surface area contributed by atoms with Crippen molar-refractivity contribution >= 4 is 10.9 Å². The Morgan fingerprint density at radius 1 is 1.47 bits per heavy atom. The third kappa shape index (κ3) is 1.25. The van der Waals surface area contributed by atoms with Crippen molar-refractivity contribution in [3.05, 3.63) is 35.0 Å². The standard InChI is InChI=1S/C15H18N2/c1-10-5-6-14-12(9-10)11-3-2-4-13-15(11)17(14)8-7-16-13/h5-6,9,13,16H,2-4,7-8H2,1H3/i7D2,8D2. The Balaban J connectivity index is 2.15. The number of nitrogens with zero attached hydrogens (tertiary/aromatic N) is 1. The molecule has 0 bridgehead atoms. The number of fused-ring (bicyclic) bond motifs is 3. The van der Waals surface area contributed by atoms with Crippen molar-refractivity contribution in [1.82, 2.24) is 9.88 Å². The highest BCUT2D eigenvalue weighted by Gasteiger charge is 2.29. The number of hydrogen-bond acceptors (Lipinski definition) is 1. The zero-order valence-corrected chi connectivity index (χ0v) is 9.88. The lowest BCUT2D eigenvalue weighted by Crippen LogP contribution is -2.35. The number of benzene rings is 1. The molecule has 1 aliphatic heterocycles. The molecule has 88 valence electrons. The van der Waals surface area contributed by atoms with Gasteiger partial charge >= 0.3 is 0 Å². The molecule has 0 saturated heterocycles. The Hall–Kier alpha value is -1.28. The van der Waals surface area contributed by atoms with E-state index in [-0.39, 0.29) is 6.04 Å². The Bertz CT molecular complexity index is 748. The van der Waals surface area contributed by atoms with Gasteiger partial charge in [0.2, 0.25) is 0 Å². The first-order chi connectivity index (χ1) is 9.83. The molecule has 1 aliphatic carbocycles. The van der Waals surface area contributed by atoms with Crippen molar-refractivity contribution < 1.29 is 5.48 Å². The normalized spacial score (nSPS) is 32.2. The minimum atomic E-state index is -2.10. The Morgan fingerprint density at radius 2 is 2.41 bits per heavy atom. The van der Waals surface area contributed by atoms with E-state index in [4.69, 9.17) is 5.48 Å². The lowest BCUT2D eigenvalue weighted by Gasteiger charge is -2.31. The lowest BCUT2D eigenvalue weighted by atomic mass is 9.90.